The van der Waals surface area contributed by atoms with E-state index in [0.717, 1.165) is 0 Å². The molecule has 4 aliphatic rings. The molecule has 0 saturated heterocycles. The molecule has 0 fully saturated rings. The highest BCUT2D eigenvalue weighted by Crippen LogP contribution is 2.50. The van der Waals surface area contributed by atoms with E-state index in [1.54, 1.807) is 0 Å². The Kier molecular flexibility index (Phi) is 5.21. The smallest absolute Gasteiger partial charge is 0.252 e. The van der Waals surface area contributed by atoms with E-state index in [2.05, 4.69) is 178 Å². The van der Waals surface area contributed by atoms with Crippen LogP contribution in [0.25, 0.3) is 95.3 Å². The summed E-state index contributed by atoms with van der Waals surface area (Å²) < 4.78 is 10.8. The Balaban J connectivity index is 1.14. The van der Waals surface area contributed by atoms with Gasteiger partial charge in [-0.2, -0.15) is 0 Å². The van der Waals surface area contributed by atoms with E-state index in [9.17, 15) is 0 Å². The summed E-state index contributed by atoms with van der Waals surface area (Å²) in [5.41, 5.74) is 20.2. The second kappa shape index (κ2) is 10.3. The summed E-state index contributed by atoms with van der Waals surface area (Å²) >= 11 is 3.90. The number of rotatable bonds is 0. The minimum absolute atomic E-state index is 0.0576. The van der Waals surface area contributed by atoms with Crippen LogP contribution in [0.4, 0.5) is 17.1 Å². The number of nitrogens with zero attached hydrogens (tertiary/aromatic N) is 3. The SMILES string of the molecule is c1ccc2c(c1)B1c3c(cc4c5c3N2c2ccccc2B5c2cc3c5ccccc5sc3c3c5ccccc5n-4c23)-n2c3ccccc3c3c4sc5ccccc5c4cc1c32. The van der Waals surface area contributed by atoms with Gasteiger partial charge in [-0.3, -0.25) is 0 Å². The van der Waals surface area contributed by atoms with Gasteiger partial charge < -0.3 is 14.0 Å². The molecule has 276 valence electrons. The molecule has 8 heterocycles. The van der Waals surface area contributed by atoms with E-state index in [4.69, 9.17) is 0 Å². The van der Waals surface area contributed by atoms with Crippen molar-refractivity contribution < 1.29 is 0 Å². The molecule has 0 atom stereocenters. The van der Waals surface area contributed by atoms with Crippen molar-refractivity contribution in [3.63, 3.8) is 0 Å². The molecular formula is C54H27B2N3S2. The molecule has 17 rings (SSSR count). The molecule has 0 aliphatic carbocycles. The van der Waals surface area contributed by atoms with Gasteiger partial charge in [0.15, 0.2) is 0 Å². The number of fused-ring (bicyclic) bond motifs is 24. The van der Waals surface area contributed by atoms with Crippen molar-refractivity contribution in [1.82, 2.24) is 9.13 Å². The van der Waals surface area contributed by atoms with Crippen molar-refractivity contribution in [3.8, 4) is 11.4 Å². The number of para-hydroxylation sites is 4. The molecule has 0 radical (unpaired) electrons. The van der Waals surface area contributed by atoms with Crippen molar-refractivity contribution in [3.05, 3.63) is 164 Å². The Morgan fingerprint density at radius 3 is 1.30 bits per heavy atom. The number of anilines is 3. The van der Waals surface area contributed by atoms with E-state index in [1.807, 2.05) is 22.7 Å². The fourth-order valence-electron chi connectivity index (χ4n) is 12.7. The molecular weight excluding hydrogens is 776 g/mol. The number of thiophene rings is 2. The van der Waals surface area contributed by atoms with Crippen LogP contribution in [0.15, 0.2) is 164 Å². The van der Waals surface area contributed by atoms with Gasteiger partial charge in [0, 0.05) is 90.3 Å². The minimum atomic E-state index is 0.0576. The Morgan fingerprint density at radius 2 is 0.787 bits per heavy atom. The van der Waals surface area contributed by atoms with Gasteiger partial charge in [0.05, 0.1) is 22.1 Å². The molecule has 0 N–H and O–H groups in total. The predicted octanol–water partition coefficient (Wildman–Crippen LogP) is 10.4. The first-order valence-electron chi connectivity index (χ1n) is 21.3. The van der Waals surface area contributed by atoms with E-state index >= 15 is 0 Å². The topological polar surface area (TPSA) is 13.1 Å². The Labute approximate surface area is 357 Å². The largest absolute Gasteiger partial charge is 0.312 e. The van der Waals surface area contributed by atoms with E-state index in [0.29, 0.717) is 0 Å². The zero-order valence-electron chi connectivity index (χ0n) is 32.4. The van der Waals surface area contributed by atoms with Crippen LogP contribution in [0.5, 0.6) is 0 Å². The highest BCUT2D eigenvalue weighted by atomic mass is 32.1. The molecule has 0 amide bonds. The molecule has 61 heavy (non-hydrogen) atoms. The van der Waals surface area contributed by atoms with Crippen LogP contribution < -0.4 is 37.7 Å². The van der Waals surface area contributed by atoms with Crippen molar-refractivity contribution in [2.75, 3.05) is 4.90 Å². The summed E-state index contributed by atoms with van der Waals surface area (Å²) in [4.78, 5) is 2.66. The van der Waals surface area contributed by atoms with Gasteiger partial charge in [0.2, 0.25) is 0 Å². The third-order valence-corrected chi connectivity index (χ3v) is 17.2. The van der Waals surface area contributed by atoms with Gasteiger partial charge >= 0.3 is 0 Å². The molecule has 0 spiro atoms. The summed E-state index contributed by atoms with van der Waals surface area (Å²) in [7, 11) is 0. The summed E-state index contributed by atoms with van der Waals surface area (Å²) in [5, 5.41) is 10.9. The first-order valence-corrected chi connectivity index (χ1v) is 22.9. The molecule has 0 unspecified atom stereocenters. The zero-order chi connectivity index (χ0) is 39.0. The summed E-state index contributed by atoms with van der Waals surface area (Å²) in [6.45, 7) is 0.115. The minimum Gasteiger partial charge on any atom is -0.312 e. The lowest BCUT2D eigenvalue weighted by Crippen LogP contribution is -2.68. The van der Waals surface area contributed by atoms with Crippen LogP contribution in [0.1, 0.15) is 0 Å². The molecule has 4 aliphatic heterocycles. The van der Waals surface area contributed by atoms with Crippen LogP contribution in [0, 0.1) is 0 Å². The number of hydrogen-bond donors (Lipinski definition) is 0. The molecule has 3 nitrogen and oxygen atoms in total. The average Bonchev–Trinajstić information content (AvgIpc) is 4.07. The summed E-state index contributed by atoms with van der Waals surface area (Å²) in [6, 6.07) is 62.8. The predicted molar refractivity (Wildman–Crippen MR) is 265 cm³/mol. The fourth-order valence-corrected chi connectivity index (χ4v) is 15.2. The first-order chi connectivity index (χ1) is 30.3. The van der Waals surface area contributed by atoms with Crippen LogP contribution in [-0.4, -0.2) is 22.6 Å². The Hall–Kier alpha value is -7.05. The maximum absolute atomic E-state index is 2.67. The van der Waals surface area contributed by atoms with E-state index in [-0.39, 0.29) is 13.4 Å². The highest BCUT2D eigenvalue weighted by molar-refractivity contribution is 7.27. The molecule has 0 bridgehead atoms. The molecule has 7 heteroatoms. The second-order valence-electron chi connectivity index (χ2n) is 17.4. The van der Waals surface area contributed by atoms with Crippen LogP contribution in [0.2, 0.25) is 0 Å². The normalized spacial score (nSPS) is 14.1. The lowest BCUT2D eigenvalue weighted by Gasteiger charge is -2.47. The Morgan fingerprint density at radius 1 is 0.361 bits per heavy atom. The zero-order valence-corrected chi connectivity index (χ0v) is 34.0. The monoisotopic (exact) mass is 803 g/mol. The van der Waals surface area contributed by atoms with Gasteiger partial charge in [0.1, 0.15) is 0 Å². The van der Waals surface area contributed by atoms with Crippen LogP contribution in [0.3, 0.4) is 0 Å². The van der Waals surface area contributed by atoms with Gasteiger partial charge in [-0.25, -0.2) is 0 Å². The lowest BCUT2D eigenvalue weighted by molar-refractivity contribution is 1.13. The van der Waals surface area contributed by atoms with Crippen molar-refractivity contribution in [2.45, 2.75) is 0 Å². The van der Waals surface area contributed by atoms with Gasteiger partial charge in [-0.05, 0) is 75.2 Å². The summed E-state index contributed by atoms with van der Waals surface area (Å²) in [5.74, 6) is 0. The van der Waals surface area contributed by atoms with Gasteiger partial charge in [-0.1, -0.05) is 121 Å². The van der Waals surface area contributed by atoms with E-state index < -0.39 is 0 Å². The molecule has 0 saturated carbocycles. The number of hydrogen-bond acceptors (Lipinski definition) is 3. The highest BCUT2D eigenvalue weighted by Gasteiger charge is 2.50. The third-order valence-electron chi connectivity index (χ3n) is 14.8. The standard InChI is InChI=1S/C54H27B2N3S2/c1-7-19-38-30(15-1)46-50-36(25-32-28-13-3-11-23-44(28)60-53(32)46)55-34-17-5-9-21-40(34)59-41-22-10-6-18-35(41)56-37-26-33-29-14-4-12-24-45(29)61-54(33)47-31-16-2-8-20-39(31)58(51(37)47)43-27-42(57(38)50)48(55)52(59)49(43)56/h1-27H. The number of aromatic nitrogens is 2. The van der Waals surface area contributed by atoms with Crippen molar-refractivity contribution in [1.29, 1.82) is 0 Å². The van der Waals surface area contributed by atoms with Crippen molar-refractivity contribution >= 4 is 170 Å². The third kappa shape index (κ3) is 3.34. The second-order valence-corrected chi connectivity index (χ2v) is 19.5. The van der Waals surface area contributed by atoms with Crippen LogP contribution >= 0.6 is 22.7 Å². The lowest BCUT2D eigenvalue weighted by atomic mass is 9.29. The number of benzene rings is 9. The first kappa shape index (κ1) is 30.9. The average molecular weight is 804 g/mol. The maximum atomic E-state index is 2.67. The van der Waals surface area contributed by atoms with E-state index in [1.165, 1.54) is 145 Å². The van der Waals surface area contributed by atoms with Crippen LogP contribution in [-0.2, 0) is 0 Å². The van der Waals surface area contributed by atoms with Gasteiger partial charge in [-0.15, -0.1) is 22.7 Å². The molecule has 13 aromatic rings. The Bertz CT molecular complexity index is 4010. The summed E-state index contributed by atoms with van der Waals surface area (Å²) in [6.07, 6.45) is 0. The quantitative estimate of drug-likeness (QED) is 0.139. The van der Waals surface area contributed by atoms with Crippen molar-refractivity contribution in [2.24, 2.45) is 0 Å². The fraction of sp³-hybridized carbons (Fsp3) is 0. The molecule has 9 aromatic carbocycles. The molecule has 4 aromatic heterocycles. The maximum Gasteiger partial charge on any atom is 0.252 e. The van der Waals surface area contributed by atoms with Gasteiger partial charge in [0.25, 0.3) is 13.4 Å².